The van der Waals surface area contributed by atoms with Crippen molar-refractivity contribution in [1.29, 1.82) is 0 Å². The Morgan fingerprint density at radius 2 is 1.92 bits per heavy atom. The van der Waals surface area contributed by atoms with E-state index in [4.69, 9.17) is 10.5 Å². The molecule has 1 saturated heterocycles. The molecule has 0 saturated carbocycles. The molecule has 1 aliphatic rings. The molecule has 1 aromatic heterocycles. The van der Waals surface area contributed by atoms with E-state index in [-0.39, 0.29) is 30.1 Å². The number of halogens is 1. The van der Waals surface area contributed by atoms with Gasteiger partial charge in [-0.2, -0.15) is 0 Å². The van der Waals surface area contributed by atoms with Crippen molar-refractivity contribution in [3.8, 4) is 0 Å². The Labute approximate surface area is 164 Å². The molecule has 0 spiro atoms. The van der Waals surface area contributed by atoms with Gasteiger partial charge < -0.3 is 20.3 Å². The first-order chi connectivity index (χ1) is 10.8. The van der Waals surface area contributed by atoms with Gasteiger partial charge >= 0.3 is 6.09 Å². The summed E-state index contributed by atoms with van der Waals surface area (Å²) in [5, 5.41) is 0. The van der Waals surface area contributed by atoms with Crippen LogP contribution in [0.4, 0.5) is 4.79 Å². The van der Waals surface area contributed by atoms with Crippen molar-refractivity contribution in [3.05, 3.63) is 16.1 Å². The Bertz CT molecular complexity index is 577. The van der Waals surface area contributed by atoms with E-state index in [0.29, 0.717) is 38.7 Å². The number of aromatic nitrogens is 1. The third-order valence-corrected chi connectivity index (χ3v) is 4.40. The number of piperazine rings is 1. The zero-order valence-corrected chi connectivity index (χ0v) is 17.8. The van der Waals surface area contributed by atoms with Gasteiger partial charge in [0.25, 0.3) is 0 Å². The quantitative estimate of drug-likeness (QED) is 0.411. The molecule has 2 N–H and O–H groups in total. The van der Waals surface area contributed by atoms with Crippen LogP contribution in [0.25, 0.3) is 0 Å². The fraction of sp³-hybridized carbons (Fsp3) is 0.667. The van der Waals surface area contributed by atoms with Crippen molar-refractivity contribution < 1.29 is 9.53 Å². The SMILES string of the molecule is Cc1ncsc1CN=C(N)N1CCN(C(=O)OC(C)(C)C)CC1.I. The summed E-state index contributed by atoms with van der Waals surface area (Å²) < 4.78 is 5.38. The number of rotatable bonds is 2. The highest BCUT2D eigenvalue weighted by molar-refractivity contribution is 14.0. The lowest BCUT2D eigenvalue weighted by molar-refractivity contribution is 0.0186. The lowest BCUT2D eigenvalue weighted by Gasteiger charge is -2.36. The number of hydrogen-bond acceptors (Lipinski definition) is 5. The molecule has 0 atom stereocenters. The Balaban J connectivity index is 0.00000288. The van der Waals surface area contributed by atoms with E-state index in [2.05, 4.69) is 9.98 Å². The molecule has 136 valence electrons. The highest BCUT2D eigenvalue weighted by atomic mass is 127. The minimum absolute atomic E-state index is 0. The molecule has 1 fully saturated rings. The number of carbonyl (C=O) groups is 1. The molecule has 1 aliphatic heterocycles. The normalized spacial score (nSPS) is 15.9. The van der Waals surface area contributed by atoms with Crippen molar-refractivity contribution in [2.75, 3.05) is 26.2 Å². The number of aryl methyl sites for hydroxylation is 1. The second-order valence-corrected chi connectivity index (χ2v) is 7.43. The second kappa shape index (κ2) is 8.84. The average molecular weight is 467 g/mol. The van der Waals surface area contributed by atoms with Crippen LogP contribution in [-0.2, 0) is 11.3 Å². The number of ether oxygens (including phenoxy) is 1. The Hall–Kier alpha value is -1.10. The molecule has 7 nitrogen and oxygen atoms in total. The van der Waals surface area contributed by atoms with Crippen molar-refractivity contribution in [2.45, 2.75) is 39.8 Å². The van der Waals surface area contributed by atoms with Crippen LogP contribution in [0.3, 0.4) is 0 Å². The fourth-order valence-electron chi connectivity index (χ4n) is 2.18. The van der Waals surface area contributed by atoms with E-state index >= 15 is 0 Å². The maximum absolute atomic E-state index is 12.0. The van der Waals surface area contributed by atoms with E-state index in [1.165, 1.54) is 0 Å². The molecule has 0 radical (unpaired) electrons. The average Bonchev–Trinajstić information content (AvgIpc) is 2.88. The highest BCUT2D eigenvalue weighted by Gasteiger charge is 2.26. The molecule has 1 amide bonds. The molecule has 0 unspecified atom stereocenters. The predicted molar refractivity (Wildman–Crippen MR) is 107 cm³/mol. The summed E-state index contributed by atoms with van der Waals surface area (Å²) in [4.78, 5) is 25.5. The number of guanidine groups is 1. The minimum Gasteiger partial charge on any atom is -0.444 e. The largest absolute Gasteiger partial charge is 0.444 e. The molecule has 0 aliphatic carbocycles. The standard InChI is InChI=1S/C15H25N5O2S.HI/c1-11-12(23-10-18-11)9-17-13(16)19-5-7-20(8-6-19)14(21)22-15(2,3)4;/h10H,5-9H2,1-4H3,(H2,16,17);1H. The van der Waals surface area contributed by atoms with Crippen LogP contribution in [0.15, 0.2) is 10.5 Å². The Morgan fingerprint density at radius 1 is 1.33 bits per heavy atom. The molecule has 2 rings (SSSR count). The van der Waals surface area contributed by atoms with E-state index < -0.39 is 5.60 Å². The molecular weight excluding hydrogens is 441 g/mol. The zero-order chi connectivity index (χ0) is 17.0. The summed E-state index contributed by atoms with van der Waals surface area (Å²) in [6.07, 6.45) is -0.270. The summed E-state index contributed by atoms with van der Waals surface area (Å²) in [5.41, 5.74) is 8.41. The van der Waals surface area contributed by atoms with Crippen molar-refractivity contribution in [3.63, 3.8) is 0 Å². The summed E-state index contributed by atoms with van der Waals surface area (Å²) in [7, 11) is 0. The van der Waals surface area contributed by atoms with Crippen molar-refractivity contribution in [1.82, 2.24) is 14.8 Å². The highest BCUT2D eigenvalue weighted by Crippen LogP contribution is 2.14. The molecule has 2 heterocycles. The van der Waals surface area contributed by atoms with Crippen LogP contribution in [0.2, 0.25) is 0 Å². The van der Waals surface area contributed by atoms with Gasteiger partial charge in [-0.25, -0.2) is 14.8 Å². The summed E-state index contributed by atoms with van der Waals surface area (Å²) >= 11 is 1.59. The number of amides is 1. The van der Waals surface area contributed by atoms with E-state index in [0.717, 1.165) is 10.6 Å². The summed E-state index contributed by atoms with van der Waals surface area (Å²) in [6, 6.07) is 0. The maximum atomic E-state index is 12.0. The van der Waals surface area contributed by atoms with Gasteiger partial charge in [0, 0.05) is 31.1 Å². The van der Waals surface area contributed by atoms with E-state index in [1.807, 2.05) is 38.1 Å². The molecule has 0 bridgehead atoms. The van der Waals surface area contributed by atoms with Gasteiger partial charge in [0.05, 0.1) is 17.7 Å². The molecule has 0 aromatic carbocycles. The number of hydrogen-bond donors (Lipinski definition) is 1. The van der Waals surface area contributed by atoms with Gasteiger partial charge in [-0.1, -0.05) is 0 Å². The van der Waals surface area contributed by atoms with Crippen LogP contribution in [0.1, 0.15) is 31.3 Å². The van der Waals surface area contributed by atoms with Crippen LogP contribution in [0, 0.1) is 6.92 Å². The smallest absolute Gasteiger partial charge is 0.410 e. The van der Waals surface area contributed by atoms with Crippen LogP contribution >= 0.6 is 35.3 Å². The summed E-state index contributed by atoms with van der Waals surface area (Å²) in [6.45, 7) is 10.6. The van der Waals surface area contributed by atoms with Gasteiger partial charge in [0.1, 0.15) is 5.60 Å². The van der Waals surface area contributed by atoms with Crippen LogP contribution in [0.5, 0.6) is 0 Å². The lowest BCUT2D eigenvalue weighted by atomic mass is 10.2. The monoisotopic (exact) mass is 467 g/mol. The number of nitrogens with zero attached hydrogens (tertiary/aromatic N) is 4. The van der Waals surface area contributed by atoms with Gasteiger partial charge in [0.15, 0.2) is 5.96 Å². The molecule has 1 aromatic rings. The van der Waals surface area contributed by atoms with E-state index in [1.54, 1.807) is 16.2 Å². The molecule has 9 heteroatoms. The van der Waals surface area contributed by atoms with Crippen LogP contribution < -0.4 is 5.73 Å². The number of carbonyl (C=O) groups excluding carboxylic acids is 1. The number of thiazole rings is 1. The topological polar surface area (TPSA) is 84.0 Å². The predicted octanol–water partition coefficient (Wildman–Crippen LogP) is 2.44. The number of aliphatic imine (C=N–C) groups is 1. The first kappa shape index (κ1) is 20.9. The maximum Gasteiger partial charge on any atom is 0.410 e. The van der Waals surface area contributed by atoms with E-state index in [9.17, 15) is 4.79 Å². The van der Waals surface area contributed by atoms with Gasteiger partial charge in [-0.05, 0) is 27.7 Å². The first-order valence-electron chi connectivity index (χ1n) is 7.68. The first-order valence-corrected chi connectivity index (χ1v) is 8.56. The zero-order valence-electron chi connectivity index (χ0n) is 14.6. The van der Waals surface area contributed by atoms with Crippen LogP contribution in [-0.4, -0.2) is 58.6 Å². The number of nitrogens with two attached hydrogens (primary N) is 1. The summed E-state index contributed by atoms with van der Waals surface area (Å²) in [5.74, 6) is 0.515. The fourth-order valence-corrected chi connectivity index (χ4v) is 2.88. The van der Waals surface area contributed by atoms with Crippen molar-refractivity contribution >= 4 is 47.4 Å². The van der Waals surface area contributed by atoms with Crippen molar-refractivity contribution in [2.24, 2.45) is 10.7 Å². The minimum atomic E-state index is -0.471. The van der Waals surface area contributed by atoms with Gasteiger partial charge in [0.2, 0.25) is 0 Å². The third-order valence-electron chi connectivity index (χ3n) is 3.48. The Morgan fingerprint density at radius 3 is 2.42 bits per heavy atom. The second-order valence-electron chi connectivity index (χ2n) is 6.49. The molecular formula is C15H26IN5O2S. The van der Waals surface area contributed by atoms with Gasteiger partial charge in [-0.3, -0.25) is 0 Å². The Kier molecular flexibility index (Phi) is 7.71. The lowest BCUT2D eigenvalue weighted by Crippen LogP contribution is -2.53. The third kappa shape index (κ3) is 6.08. The molecule has 24 heavy (non-hydrogen) atoms. The van der Waals surface area contributed by atoms with Gasteiger partial charge in [-0.15, -0.1) is 35.3 Å².